The lowest BCUT2D eigenvalue weighted by Gasteiger charge is -2.33. The summed E-state index contributed by atoms with van der Waals surface area (Å²) in [6, 6.07) is 0. The molecule has 1 N–H and O–H groups in total. The largest absolute Gasteiger partial charge is 0.477 e. The third-order valence-electron chi connectivity index (χ3n) is 2.25. The molecule has 15 heavy (non-hydrogen) atoms. The smallest absolute Gasteiger partial charge is 0.354 e. The zero-order valence-electron chi connectivity index (χ0n) is 7.93. The summed E-state index contributed by atoms with van der Waals surface area (Å²) in [5, 5.41) is 8.82. The first-order valence-electron chi connectivity index (χ1n) is 4.41. The second-order valence-corrected chi connectivity index (χ2v) is 6.24. The van der Waals surface area contributed by atoms with Crippen LogP contribution >= 0.6 is 11.8 Å². The number of amides is 1. The molecule has 1 fully saturated rings. The van der Waals surface area contributed by atoms with Gasteiger partial charge in [-0.25, -0.2) is 4.79 Å². The van der Waals surface area contributed by atoms with E-state index in [0.29, 0.717) is 16.4 Å². The summed E-state index contributed by atoms with van der Waals surface area (Å²) in [6.45, 7) is 1.72. The number of thioether (sulfide) groups is 1. The van der Waals surface area contributed by atoms with Crippen LogP contribution in [0.3, 0.4) is 0 Å². The maximum absolute atomic E-state index is 11.6. The lowest BCUT2D eigenvalue weighted by atomic mass is 10.2. The minimum absolute atomic E-state index is 0.0820. The highest BCUT2D eigenvalue weighted by Crippen LogP contribution is 2.47. The Bertz CT molecular complexity index is 403. The Balaban J connectivity index is 2.39. The number of nitrogens with zero attached hydrogens (tertiary/aromatic N) is 1. The molecule has 2 aliphatic rings. The van der Waals surface area contributed by atoms with E-state index in [1.807, 2.05) is 0 Å². The van der Waals surface area contributed by atoms with Crippen molar-refractivity contribution in [3.8, 4) is 0 Å². The topological polar surface area (TPSA) is 74.7 Å². The van der Waals surface area contributed by atoms with Crippen molar-refractivity contribution in [2.45, 2.75) is 18.7 Å². The van der Waals surface area contributed by atoms with Crippen LogP contribution < -0.4 is 0 Å². The number of carbonyl (C=O) groups excluding carboxylic acids is 1. The Kier molecular flexibility index (Phi) is 2.59. The van der Waals surface area contributed by atoms with Gasteiger partial charge in [0.2, 0.25) is 5.91 Å². The van der Waals surface area contributed by atoms with Crippen LogP contribution in [0.1, 0.15) is 13.3 Å². The average molecular weight is 247 g/mol. The first-order valence-corrected chi connectivity index (χ1v) is 6.60. The second kappa shape index (κ2) is 3.64. The third kappa shape index (κ3) is 1.50. The summed E-state index contributed by atoms with van der Waals surface area (Å²) in [5.41, 5.74) is -0.0820. The van der Waals surface area contributed by atoms with Gasteiger partial charge in [0, 0.05) is 5.75 Å². The number of aliphatic carboxylic acids is 1. The summed E-state index contributed by atoms with van der Waals surface area (Å²) in [6.07, 6.45) is 0.339. The fourth-order valence-electron chi connectivity index (χ4n) is 1.51. The summed E-state index contributed by atoms with van der Waals surface area (Å²) in [5.74, 6) is -1.00. The van der Waals surface area contributed by atoms with E-state index in [4.69, 9.17) is 5.11 Å². The number of carbonyl (C=O) groups is 2. The highest BCUT2D eigenvalue weighted by molar-refractivity contribution is 8.17. The lowest BCUT2D eigenvalue weighted by molar-refractivity contribution is -0.145. The molecule has 0 radical (unpaired) electrons. The Morgan fingerprint density at radius 1 is 1.73 bits per heavy atom. The summed E-state index contributed by atoms with van der Waals surface area (Å²) in [7, 11) is -1.30. The van der Waals surface area contributed by atoms with Crippen molar-refractivity contribution in [1.29, 1.82) is 0 Å². The van der Waals surface area contributed by atoms with Crippen molar-refractivity contribution < 1.29 is 18.9 Å². The van der Waals surface area contributed by atoms with Gasteiger partial charge in [-0.2, -0.15) is 0 Å². The molecular formula is C8H9NO4S2. The first-order chi connectivity index (χ1) is 7.06. The SMILES string of the molecule is CCS(=O)C1=C(C(=O)O)N2C(=O)C[C@@H]2S1. The van der Waals surface area contributed by atoms with E-state index in [2.05, 4.69) is 0 Å². The van der Waals surface area contributed by atoms with Gasteiger partial charge in [0.15, 0.2) is 5.70 Å². The van der Waals surface area contributed by atoms with E-state index < -0.39 is 16.8 Å². The Labute approximate surface area is 93.0 Å². The van der Waals surface area contributed by atoms with Gasteiger partial charge in [-0.15, -0.1) is 0 Å². The van der Waals surface area contributed by atoms with E-state index >= 15 is 0 Å². The van der Waals surface area contributed by atoms with Crippen molar-refractivity contribution >= 4 is 34.4 Å². The predicted molar refractivity (Wildman–Crippen MR) is 56.2 cm³/mol. The molecule has 7 heteroatoms. The summed E-state index contributed by atoms with van der Waals surface area (Å²) < 4.78 is 11.9. The van der Waals surface area contributed by atoms with Gasteiger partial charge in [0.1, 0.15) is 4.24 Å². The van der Waals surface area contributed by atoms with Crippen LogP contribution in [-0.4, -0.2) is 37.2 Å². The maximum atomic E-state index is 11.6. The quantitative estimate of drug-likeness (QED) is 0.727. The molecule has 82 valence electrons. The van der Waals surface area contributed by atoms with Crippen molar-refractivity contribution in [3.05, 3.63) is 9.93 Å². The standard InChI is InChI=1S/C8H9NO4S2/c1-2-15(13)8-6(7(11)12)9-4(10)3-5(9)14-8/h5H,2-3H2,1H3,(H,11,12)/t5-,15?/m0/s1. The van der Waals surface area contributed by atoms with Crippen LogP contribution in [0.4, 0.5) is 0 Å². The van der Waals surface area contributed by atoms with Crippen LogP contribution in [0.25, 0.3) is 0 Å². The van der Waals surface area contributed by atoms with Gasteiger partial charge in [-0.1, -0.05) is 18.7 Å². The van der Waals surface area contributed by atoms with Crippen LogP contribution in [0.2, 0.25) is 0 Å². The van der Waals surface area contributed by atoms with E-state index in [1.54, 1.807) is 6.92 Å². The molecular weight excluding hydrogens is 238 g/mol. The molecule has 1 amide bonds. The van der Waals surface area contributed by atoms with E-state index in [9.17, 15) is 13.8 Å². The zero-order valence-corrected chi connectivity index (χ0v) is 9.56. The third-order valence-corrected chi connectivity index (χ3v) is 5.29. The fourth-order valence-corrected chi connectivity index (χ4v) is 4.39. The maximum Gasteiger partial charge on any atom is 0.354 e. The number of hydrogen-bond acceptors (Lipinski definition) is 4. The molecule has 1 saturated heterocycles. The van der Waals surface area contributed by atoms with Gasteiger partial charge in [0.05, 0.1) is 22.6 Å². The summed E-state index contributed by atoms with van der Waals surface area (Å²) >= 11 is 1.24. The van der Waals surface area contributed by atoms with Crippen molar-refractivity contribution in [2.24, 2.45) is 0 Å². The number of fused-ring (bicyclic) bond motifs is 1. The molecule has 0 spiro atoms. The molecule has 0 bridgehead atoms. The predicted octanol–water partition coefficient (Wildman–Crippen LogP) is 0.314. The van der Waals surface area contributed by atoms with E-state index in [-0.39, 0.29) is 17.0 Å². The first kappa shape index (κ1) is 10.7. The normalized spacial score (nSPS) is 26.3. The molecule has 2 aliphatic heterocycles. The van der Waals surface area contributed by atoms with Gasteiger partial charge in [-0.3, -0.25) is 13.9 Å². The lowest BCUT2D eigenvalue weighted by Crippen LogP contribution is -2.48. The number of rotatable bonds is 3. The molecule has 0 aromatic carbocycles. The molecule has 2 atom stereocenters. The second-order valence-electron chi connectivity index (χ2n) is 3.12. The Morgan fingerprint density at radius 2 is 2.40 bits per heavy atom. The Morgan fingerprint density at radius 3 is 2.87 bits per heavy atom. The van der Waals surface area contributed by atoms with Gasteiger partial charge < -0.3 is 5.11 Å². The van der Waals surface area contributed by atoms with E-state index in [0.717, 1.165) is 0 Å². The minimum atomic E-state index is -1.30. The fraction of sp³-hybridized carbons (Fsp3) is 0.500. The number of carboxylic acid groups (broad SMARTS) is 1. The molecule has 0 aliphatic carbocycles. The molecule has 0 saturated carbocycles. The number of β-lactam (4-membered cyclic amide) rings is 1. The molecule has 5 nitrogen and oxygen atoms in total. The minimum Gasteiger partial charge on any atom is -0.477 e. The van der Waals surface area contributed by atoms with Crippen LogP contribution in [0.5, 0.6) is 0 Å². The van der Waals surface area contributed by atoms with Crippen LogP contribution in [-0.2, 0) is 20.4 Å². The molecule has 2 heterocycles. The average Bonchev–Trinajstić information content (AvgIpc) is 2.50. The van der Waals surface area contributed by atoms with Crippen molar-refractivity contribution in [2.75, 3.05) is 5.75 Å². The Hall–Kier alpha value is -0.820. The highest BCUT2D eigenvalue weighted by atomic mass is 32.2. The summed E-state index contributed by atoms with van der Waals surface area (Å²) in [4.78, 5) is 23.4. The van der Waals surface area contributed by atoms with Crippen LogP contribution in [0.15, 0.2) is 9.93 Å². The highest BCUT2D eigenvalue weighted by Gasteiger charge is 2.49. The van der Waals surface area contributed by atoms with Gasteiger partial charge in [-0.05, 0) is 0 Å². The molecule has 0 aromatic heterocycles. The zero-order chi connectivity index (χ0) is 11.2. The van der Waals surface area contributed by atoms with E-state index in [1.165, 1.54) is 16.7 Å². The molecule has 1 unspecified atom stereocenters. The molecule has 2 rings (SSSR count). The van der Waals surface area contributed by atoms with Crippen molar-refractivity contribution in [3.63, 3.8) is 0 Å². The van der Waals surface area contributed by atoms with Crippen LogP contribution in [0, 0.1) is 0 Å². The van der Waals surface area contributed by atoms with Crippen molar-refractivity contribution in [1.82, 2.24) is 4.90 Å². The van der Waals surface area contributed by atoms with Gasteiger partial charge in [0.25, 0.3) is 0 Å². The van der Waals surface area contributed by atoms with Gasteiger partial charge >= 0.3 is 5.97 Å². The number of hydrogen-bond donors (Lipinski definition) is 1. The monoisotopic (exact) mass is 247 g/mol. The number of carboxylic acids is 1. The molecule has 0 aromatic rings.